The lowest BCUT2D eigenvalue weighted by molar-refractivity contribution is -0.136. The molecule has 112 valence electrons. The number of aliphatic hydroxyl groups excluding tert-OH is 1. The molecule has 0 saturated carbocycles. The van der Waals surface area contributed by atoms with Crippen molar-refractivity contribution in [2.45, 2.75) is 31.4 Å². The number of likely N-dealkylation sites (N-methyl/N-ethyl adjacent to an activating group) is 1. The van der Waals surface area contributed by atoms with E-state index < -0.39 is 5.97 Å². The van der Waals surface area contributed by atoms with Crippen LogP contribution in [-0.4, -0.2) is 65.4 Å². The molecule has 7 heteroatoms. The maximum absolute atomic E-state index is 10.6. The van der Waals surface area contributed by atoms with E-state index in [0.717, 1.165) is 23.8 Å². The smallest absolute Gasteiger partial charge is 0.303 e. The van der Waals surface area contributed by atoms with Crippen molar-refractivity contribution in [2.24, 2.45) is 0 Å². The number of carboxylic acid groups (broad SMARTS) is 1. The number of aliphatic carboxylic acids is 1. The van der Waals surface area contributed by atoms with Crippen LogP contribution in [0.3, 0.4) is 0 Å². The Morgan fingerprint density at radius 2 is 2.35 bits per heavy atom. The Morgan fingerprint density at radius 3 is 3.00 bits per heavy atom. The molecule has 1 saturated heterocycles. The number of carbonyl (C=O) groups is 1. The van der Waals surface area contributed by atoms with E-state index in [1.165, 1.54) is 11.3 Å². The maximum atomic E-state index is 10.6. The Labute approximate surface area is 122 Å². The Balaban J connectivity index is 2.03. The number of anilines is 1. The number of rotatable bonds is 6. The van der Waals surface area contributed by atoms with Gasteiger partial charge in [-0.25, -0.2) is 4.98 Å². The van der Waals surface area contributed by atoms with Crippen LogP contribution in [0.2, 0.25) is 0 Å². The van der Waals surface area contributed by atoms with E-state index in [4.69, 9.17) is 5.11 Å². The van der Waals surface area contributed by atoms with Crippen LogP contribution in [0, 0.1) is 0 Å². The van der Waals surface area contributed by atoms with Gasteiger partial charge < -0.3 is 20.0 Å². The minimum Gasteiger partial charge on any atom is -0.481 e. The van der Waals surface area contributed by atoms with Gasteiger partial charge in [0.1, 0.15) is 0 Å². The van der Waals surface area contributed by atoms with Crippen LogP contribution in [0.1, 0.15) is 18.5 Å². The third-order valence-electron chi connectivity index (χ3n) is 3.35. The summed E-state index contributed by atoms with van der Waals surface area (Å²) in [7, 11) is 4.03. The molecular weight excluding hydrogens is 278 g/mol. The standard InChI is InChI=1S/C13H21N3O3S/c1-15(2)6-10-5-11(17)7-16(10)13-14-9(8-20-13)3-4-12(18)19/h8,10-11,17H,3-7H2,1-2H3,(H,18,19). The number of thiazole rings is 1. The topological polar surface area (TPSA) is 76.9 Å². The lowest BCUT2D eigenvalue weighted by Crippen LogP contribution is -2.37. The number of β-amino-alcohol motifs (C(OH)–C–C–N with tert-alkyl or cyclic N) is 1. The van der Waals surface area contributed by atoms with Gasteiger partial charge in [0.2, 0.25) is 0 Å². The van der Waals surface area contributed by atoms with Crippen molar-refractivity contribution in [1.29, 1.82) is 0 Å². The summed E-state index contributed by atoms with van der Waals surface area (Å²) in [5.41, 5.74) is 0.817. The van der Waals surface area contributed by atoms with Crippen molar-refractivity contribution in [3.05, 3.63) is 11.1 Å². The molecule has 0 aromatic carbocycles. The fraction of sp³-hybridized carbons (Fsp3) is 0.692. The van der Waals surface area contributed by atoms with Gasteiger partial charge in [0.25, 0.3) is 0 Å². The molecule has 6 nitrogen and oxygen atoms in total. The maximum Gasteiger partial charge on any atom is 0.303 e. The second-order valence-corrected chi connectivity index (χ2v) is 6.31. The fourth-order valence-corrected chi connectivity index (χ4v) is 3.44. The summed E-state index contributed by atoms with van der Waals surface area (Å²) in [5.74, 6) is -0.804. The van der Waals surface area contributed by atoms with Crippen molar-refractivity contribution in [1.82, 2.24) is 9.88 Å². The highest BCUT2D eigenvalue weighted by Gasteiger charge is 2.32. The Hall–Kier alpha value is -1.18. The van der Waals surface area contributed by atoms with Gasteiger partial charge in [0, 0.05) is 30.9 Å². The zero-order valence-corrected chi connectivity index (χ0v) is 12.6. The largest absolute Gasteiger partial charge is 0.481 e. The summed E-state index contributed by atoms with van der Waals surface area (Å²) in [6.07, 6.45) is 1.00. The zero-order valence-electron chi connectivity index (χ0n) is 11.8. The van der Waals surface area contributed by atoms with Gasteiger partial charge in [-0.15, -0.1) is 11.3 Å². The van der Waals surface area contributed by atoms with Crippen LogP contribution >= 0.6 is 11.3 Å². The van der Waals surface area contributed by atoms with Gasteiger partial charge in [-0.2, -0.15) is 0 Å². The van der Waals surface area contributed by atoms with Crippen molar-refractivity contribution < 1.29 is 15.0 Å². The first kappa shape index (κ1) is 15.2. The highest BCUT2D eigenvalue weighted by Crippen LogP contribution is 2.29. The molecule has 2 unspecified atom stereocenters. The lowest BCUT2D eigenvalue weighted by atomic mass is 10.2. The van der Waals surface area contributed by atoms with Crippen LogP contribution in [0.4, 0.5) is 5.13 Å². The molecule has 20 heavy (non-hydrogen) atoms. The average molecular weight is 299 g/mol. The van der Waals surface area contributed by atoms with Gasteiger partial charge in [0.15, 0.2) is 5.13 Å². The molecule has 1 aliphatic heterocycles. The molecule has 2 rings (SSSR count). The number of hydrogen-bond donors (Lipinski definition) is 2. The van der Waals surface area contributed by atoms with Gasteiger partial charge in [0.05, 0.1) is 18.2 Å². The highest BCUT2D eigenvalue weighted by atomic mass is 32.1. The number of aliphatic hydroxyl groups is 1. The summed E-state index contributed by atoms with van der Waals surface area (Å²) in [6, 6.07) is 0.262. The summed E-state index contributed by atoms with van der Waals surface area (Å²) in [6.45, 7) is 1.48. The normalized spacial score (nSPS) is 22.7. The lowest BCUT2D eigenvalue weighted by Gasteiger charge is -2.26. The molecule has 0 aliphatic carbocycles. The van der Waals surface area contributed by atoms with Crippen molar-refractivity contribution >= 4 is 22.4 Å². The number of carboxylic acids is 1. The first-order chi connectivity index (χ1) is 9.45. The molecule has 1 aromatic heterocycles. The summed E-state index contributed by atoms with van der Waals surface area (Å²) < 4.78 is 0. The molecule has 0 bridgehead atoms. The van der Waals surface area contributed by atoms with E-state index in [2.05, 4.69) is 14.8 Å². The SMILES string of the molecule is CN(C)CC1CC(O)CN1c1nc(CCC(=O)O)cs1. The second-order valence-electron chi connectivity index (χ2n) is 5.47. The van der Waals surface area contributed by atoms with Crippen molar-refractivity contribution in [3.63, 3.8) is 0 Å². The summed E-state index contributed by atoms with van der Waals surface area (Å²) >= 11 is 1.52. The van der Waals surface area contributed by atoms with E-state index in [9.17, 15) is 9.90 Å². The first-order valence-corrected chi connectivity index (χ1v) is 7.59. The molecule has 1 aromatic rings. The van der Waals surface area contributed by atoms with E-state index in [1.807, 2.05) is 19.5 Å². The number of aromatic nitrogens is 1. The van der Waals surface area contributed by atoms with E-state index in [-0.39, 0.29) is 18.6 Å². The Kier molecular flexibility index (Phi) is 4.95. The van der Waals surface area contributed by atoms with Crippen LogP contribution in [0.25, 0.3) is 0 Å². The molecule has 2 heterocycles. The third-order valence-corrected chi connectivity index (χ3v) is 4.28. The van der Waals surface area contributed by atoms with Gasteiger partial charge >= 0.3 is 5.97 Å². The number of hydrogen-bond acceptors (Lipinski definition) is 6. The van der Waals surface area contributed by atoms with Crippen LogP contribution in [0.5, 0.6) is 0 Å². The molecule has 0 spiro atoms. The molecule has 1 fully saturated rings. The van der Waals surface area contributed by atoms with Gasteiger partial charge in [-0.1, -0.05) is 0 Å². The second kappa shape index (κ2) is 6.51. The number of aryl methyl sites for hydroxylation is 1. The van der Waals surface area contributed by atoms with E-state index >= 15 is 0 Å². The fourth-order valence-electron chi connectivity index (χ4n) is 2.50. The Morgan fingerprint density at radius 1 is 1.60 bits per heavy atom. The van der Waals surface area contributed by atoms with Crippen LogP contribution in [0.15, 0.2) is 5.38 Å². The van der Waals surface area contributed by atoms with E-state index in [0.29, 0.717) is 13.0 Å². The van der Waals surface area contributed by atoms with Gasteiger partial charge in [-0.3, -0.25) is 4.79 Å². The quantitative estimate of drug-likeness (QED) is 0.803. The number of nitrogens with zero attached hydrogens (tertiary/aromatic N) is 3. The minimum absolute atomic E-state index is 0.104. The molecule has 2 N–H and O–H groups in total. The van der Waals surface area contributed by atoms with Crippen LogP contribution < -0.4 is 4.90 Å². The van der Waals surface area contributed by atoms with Gasteiger partial charge in [-0.05, 0) is 20.5 Å². The molecule has 2 atom stereocenters. The Bertz CT molecular complexity index is 463. The predicted molar refractivity (Wildman–Crippen MR) is 78.4 cm³/mol. The monoisotopic (exact) mass is 299 g/mol. The zero-order chi connectivity index (χ0) is 14.7. The third kappa shape index (κ3) is 3.91. The summed E-state index contributed by atoms with van der Waals surface area (Å²) in [4.78, 5) is 19.3. The molecular formula is C13H21N3O3S. The minimum atomic E-state index is -0.804. The first-order valence-electron chi connectivity index (χ1n) is 6.71. The highest BCUT2D eigenvalue weighted by molar-refractivity contribution is 7.13. The van der Waals surface area contributed by atoms with Crippen molar-refractivity contribution in [2.75, 3.05) is 32.1 Å². The van der Waals surface area contributed by atoms with Crippen molar-refractivity contribution in [3.8, 4) is 0 Å². The van der Waals surface area contributed by atoms with E-state index in [1.54, 1.807) is 0 Å². The average Bonchev–Trinajstić information content (AvgIpc) is 2.92. The summed E-state index contributed by atoms with van der Waals surface area (Å²) in [5, 5.41) is 21.4. The molecule has 0 amide bonds. The van der Waals surface area contributed by atoms with Crippen LogP contribution in [-0.2, 0) is 11.2 Å². The molecule has 0 radical (unpaired) electrons. The predicted octanol–water partition coefficient (Wildman–Crippen LogP) is 0.661. The molecule has 1 aliphatic rings.